The predicted molar refractivity (Wildman–Crippen MR) is 97.1 cm³/mol. The van der Waals surface area contributed by atoms with E-state index in [-0.39, 0.29) is 6.10 Å². The van der Waals surface area contributed by atoms with Gasteiger partial charge >= 0.3 is 0 Å². The van der Waals surface area contributed by atoms with Crippen molar-refractivity contribution in [2.75, 3.05) is 13.7 Å². The van der Waals surface area contributed by atoms with Crippen molar-refractivity contribution in [1.82, 2.24) is 0 Å². The van der Waals surface area contributed by atoms with Crippen molar-refractivity contribution in [3.8, 4) is 5.75 Å². The first-order chi connectivity index (χ1) is 11.8. The Hall–Kier alpha value is -2.10. The Balaban J connectivity index is 1.78. The largest absolute Gasteiger partial charge is 0.497 e. The average molecular weight is 326 g/mol. The molecule has 1 atom stereocenters. The highest BCUT2D eigenvalue weighted by Crippen LogP contribution is 2.13. The molecule has 0 aromatic heterocycles. The molecule has 0 aliphatic rings. The third-order valence-corrected chi connectivity index (χ3v) is 3.75. The van der Waals surface area contributed by atoms with Crippen molar-refractivity contribution in [1.29, 1.82) is 0 Å². The second-order valence-corrected chi connectivity index (χ2v) is 5.65. The zero-order valence-electron chi connectivity index (χ0n) is 14.3. The lowest BCUT2D eigenvalue weighted by atomic mass is 10.2. The fourth-order valence-electron chi connectivity index (χ4n) is 2.34. The monoisotopic (exact) mass is 326 g/mol. The highest BCUT2D eigenvalue weighted by Gasteiger charge is 2.09. The molecule has 2 aromatic rings. The van der Waals surface area contributed by atoms with Crippen LogP contribution >= 0.6 is 0 Å². The van der Waals surface area contributed by atoms with Gasteiger partial charge in [-0.05, 0) is 36.1 Å². The molecule has 128 valence electrons. The SMILES string of the molecule is C=CCC[C@@H](COCc1ccc(OC)cc1)OCc1ccccc1. The van der Waals surface area contributed by atoms with Crippen LogP contribution in [-0.2, 0) is 22.7 Å². The van der Waals surface area contributed by atoms with Crippen LogP contribution in [0, 0.1) is 0 Å². The quantitative estimate of drug-likeness (QED) is 0.557. The zero-order chi connectivity index (χ0) is 17.0. The van der Waals surface area contributed by atoms with Gasteiger partial charge in [0.1, 0.15) is 5.75 Å². The molecule has 0 aliphatic heterocycles. The maximum atomic E-state index is 6.01. The molecule has 0 bridgehead atoms. The number of benzene rings is 2. The van der Waals surface area contributed by atoms with Gasteiger partial charge in [0, 0.05) is 0 Å². The number of rotatable bonds is 11. The number of allylic oxidation sites excluding steroid dienone is 1. The number of methoxy groups -OCH3 is 1. The summed E-state index contributed by atoms with van der Waals surface area (Å²) in [6.07, 6.45) is 3.83. The van der Waals surface area contributed by atoms with Gasteiger partial charge in [0.15, 0.2) is 0 Å². The summed E-state index contributed by atoms with van der Waals surface area (Å²) in [6.45, 7) is 5.54. The van der Waals surface area contributed by atoms with Crippen LogP contribution in [0.25, 0.3) is 0 Å². The van der Waals surface area contributed by atoms with E-state index in [0.717, 1.165) is 24.2 Å². The predicted octanol–water partition coefficient (Wildman–Crippen LogP) is 4.76. The molecular formula is C21H26O3. The van der Waals surface area contributed by atoms with Gasteiger partial charge in [-0.2, -0.15) is 0 Å². The summed E-state index contributed by atoms with van der Waals surface area (Å²) in [4.78, 5) is 0. The minimum atomic E-state index is 0.0708. The summed E-state index contributed by atoms with van der Waals surface area (Å²) in [7, 11) is 1.67. The molecule has 0 aliphatic carbocycles. The molecule has 24 heavy (non-hydrogen) atoms. The maximum absolute atomic E-state index is 6.01. The fourth-order valence-corrected chi connectivity index (χ4v) is 2.34. The Kier molecular flexibility index (Phi) is 8.08. The van der Waals surface area contributed by atoms with E-state index >= 15 is 0 Å². The van der Waals surface area contributed by atoms with E-state index in [1.54, 1.807) is 7.11 Å². The third kappa shape index (κ3) is 6.57. The van der Waals surface area contributed by atoms with E-state index in [4.69, 9.17) is 14.2 Å². The molecule has 0 spiro atoms. The molecular weight excluding hydrogens is 300 g/mol. The first-order valence-corrected chi connectivity index (χ1v) is 8.29. The van der Waals surface area contributed by atoms with Crippen molar-refractivity contribution in [3.05, 3.63) is 78.4 Å². The third-order valence-electron chi connectivity index (χ3n) is 3.75. The highest BCUT2D eigenvalue weighted by atomic mass is 16.5. The van der Waals surface area contributed by atoms with Crippen LogP contribution in [0.4, 0.5) is 0 Å². The molecule has 0 N–H and O–H groups in total. The summed E-state index contributed by atoms with van der Waals surface area (Å²) in [6, 6.07) is 18.1. The van der Waals surface area contributed by atoms with Gasteiger partial charge in [-0.1, -0.05) is 48.5 Å². The summed E-state index contributed by atoms with van der Waals surface area (Å²) < 4.78 is 17.0. The lowest BCUT2D eigenvalue weighted by Gasteiger charge is -2.18. The van der Waals surface area contributed by atoms with Crippen molar-refractivity contribution < 1.29 is 14.2 Å². The van der Waals surface area contributed by atoms with Crippen molar-refractivity contribution in [2.45, 2.75) is 32.2 Å². The van der Waals surface area contributed by atoms with E-state index in [1.807, 2.05) is 48.5 Å². The molecule has 0 saturated heterocycles. The normalized spacial score (nSPS) is 11.9. The Labute approximate surface area is 144 Å². The van der Waals surface area contributed by atoms with Crippen LogP contribution in [0.1, 0.15) is 24.0 Å². The highest BCUT2D eigenvalue weighted by molar-refractivity contribution is 5.26. The Morgan fingerprint density at radius 3 is 2.33 bits per heavy atom. The van der Waals surface area contributed by atoms with E-state index in [9.17, 15) is 0 Å². The number of ether oxygens (including phenoxy) is 3. The summed E-state index contributed by atoms with van der Waals surface area (Å²) in [5.41, 5.74) is 2.30. The van der Waals surface area contributed by atoms with Crippen molar-refractivity contribution in [2.24, 2.45) is 0 Å². The zero-order valence-corrected chi connectivity index (χ0v) is 14.3. The van der Waals surface area contributed by atoms with Crippen LogP contribution in [0.2, 0.25) is 0 Å². The molecule has 0 amide bonds. The van der Waals surface area contributed by atoms with Crippen LogP contribution in [-0.4, -0.2) is 19.8 Å². The first-order valence-electron chi connectivity index (χ1n) is 8.29. The lowest BCUT2D eigenvalue weighted by molar-refractivity contribution is -0.0327. The molecule has 3 heteroatoms. The molecule has 0 radical (unpaired) electrons. The second-order valence-electron chi connectivity index (χ2n) is 5.65. The second kappa shape index (κ2) is 10.6. The first kappa shape index (κ1) is 18.2. The Bertz CT molecular complexity index is 578. The van der Waals surface area contributed by atoms with Gasteiger partial charge in [-0.25, -0.2) is 0 Å². The molecule has 0 fully saturated rings. The Morgan fingerprint density at radius 2 is 1.67 bits per heavy atom. The van der Waals surface area contributed by atoms with Crippen LogP contribution in [0.3, 0.4) is 0 Å². The topological polar surface area (TPSA) is 27.7 Å². The van der Waals surface area contributed by atoms with E-state index in [0.29, 0.717) is 19.8 Å². The molecule has 0 unspecified atom stereocenters. The molecule has 3 nitrogen and oxygen atoms in total. The molecule has 0 saturated carbocycles. The fraction of sp³-hybridized carbons (Fsp3) is 0.333. The standard InChI is InChI=1S/C21H26O3/c1-3-4-10-21(24-16-18-8-6-5-7-9-18)17-23-15-19-11-13-20(22-2)14-12-19/h3,5-9,11-14,21H,1,4,10,15-17H2,2H3/t21-/m0/s1. The van der Waals surface area contributed by atoms with Crippen LogP contribution in [0.15, 0.2) is 67.3 Å². The van der Waals surface area contributed by atoms with Crippen LogP contribution in [0.5, 0.6) is 5.75 Å². The molecule has 0 heterocycles. The van der Waals surface area contributed by atoms with E-state index in [1.165, 1.54) is 5.56 Å². The lowest BCUT2D eigenvalue weighted by Crippen LogP contribution is -2.19. The summed E-state index contributed by atoms with van der Waals surface area (Å²) in [5, 5.41) is 0. The van der Waals surface area contributed by atoms with Crippen molar-refractivity contribution >= 4 is 0 Å². The van der Waals surface area contributed by atoms with Crippen LogP contribution < -0.4 is 4.74 Å². The average Bonchev–Trinajstić information content (AvgIpc) is 2.65. The molecule has 2 rings (SSSR count). The minimum absolute atomic E-state index is 0.0708. The smallest absolute Gasteiger partial charge is 0.118 e. The van der Waals surface area contributed by atoms with Gasteiger partial charge < -0.3 is 14.2 Å². The van der Waals surface area contributed by atoms with Gasteiger partial charge in [0.25, 0.3) is 0 Å². The van der Waals surface area contributed by atoms with Crippen molar-refractivity contribution in [3.63, 3.8) is 0 Å². The Morgan fingerprint density at radius 1 is 0.958 bits per heavy atom. The number of hydrogen-bond donors (Lipinski definition) is 0. The minimum Gasteiger partial charge on any atom is -0.497 e. The van der Waals surface area contributed by atoms with E-state index in [2.05, 4.69) is 18.7 Å². The van der Waals surface area contributed by atoms with Gasteiger partial charge in [-0.3, -0.25) is 0 Å². The maximum Gasteiger partial charge on any atom is 0.118 e. The van der Waals surface area contributed by atoms with E-state index < -0.39 is 0 Å². The van der Waals surface area contributed by atoms with Gasteiger partial charge in [0.05, 0.1) is 33.0 Å². The summed E-state index contributed by atoms with van der Waals surface area (Å²) in [5.74, 6) is 0.855. The summed E-state index contributed by atoms with van der Waals surface area (Å²) >= 11 is 0. The number of hydrogen-bond acceptors (Lipinski definition) is 3. The molecule has 2 aromatic carbocycles. The van der Waals surface area contributed by atoms with Gasteiger partial charge in [-0.15, -0.1) is 6.58 Å². The van der Waals surface area contributed by atoms with Gasteiger partial charge in [0.2, 0.25) is 0 Å².